The average molecular weight is 421 g/mol. The molecule has 1 heterocycles. The highest BCUT2D eigenvalue weighted by atomic mass is 35.5. The first-order chi connectivity index (χ1) is 11.8. The maximum absolute atomic E-state index is 11.9. The van der Waals surface area contributed by atoms with Gasteiger partial charge in [0.15, 0.2) is 5.96 Å². The molecule has 0 radical (unpaired) electrons. The SMILES string of the molecule is CC(NC(N)=NCCNS(=O)(=O)c1cccs1)c1ccc(Cl)cc1Cl. The van der Waals surface area contributed by atoms with Crippen molar-refractivity contribution in [1.82, 2.24) is 10.0 Å². The predicted molar refractivity (Wildman–Crippen MR) is 104 cm³/mol. The van der Waals surface area contributed by atoms with Crippen LogP contribution in [0.25, 0.3) is 0 Å². The number of hydrogen-bond acceptors (Lipinski definition) is 4. The Hall–Kier alpha value is -1.32. The summed E-state index contributed by atoms with van der Waals surface area (Å²) < 4.78 is 26.6. The molecular formula is C15H18Cl2N4O2S2. The summed E-state index contributed by atoms with van der Waals surface area (Å²) in [6.45, 7) is 2.25. The third-order valence-corrected chi connectivity index (χ3v) is 6.66. The fraction of sp³-hybridized carbons (Fsp3) is 0.267. The summed E-state index contributed by atoms with van der Waals surface area (Å²) in [5.41, 5.74) is 6.67. The Morgan fingerprint density at radius 2 is 2.12 bits per heavy atom. The molecule has 25 heavy (non-hydrogen) atoms. The van der Waals surface area contributed by atoms with Crippen molar-refractivity contribution in [3.8, 4) is 0 Å². The molecule has 10 heteroatoms. The van der Waals surface area contributed by atoms with E-state index < -0.39 is 10.0 Å². The number of halogens is 2. The maximum Gasteiger partial charge on any atom is 0.250 e. The normalized spacial score (nSPS) is 13.6. The van der Waals surface area contributed by atoms with E-state index in [1.807, 2.05) is 13.0 Å². The van der Waals surface area contributed by atoms with Gasteiger partial charge in [0.1, 0.15) is 4.21 Å². The van der Waals surface area contributed by atoms with E-state index in [0.717, 1.165) is 16.9 Å². The van der Waals surface area contributed by atoms with E-state index >= 15 is 0 Å². The minimum atomic E-state index is -3.48. The summed E-state index contributed by atoms with van der Waals surface area (Å²) in [7, 11) is -3.48. The maximum atomic E-state index is 11.9. The molecule has 2 aromatic rings. The Bertz CT molecular complexity index is 839. The van der Waals surface area contributed by atoms with E-state index in [1.54, 1.807) is 29.6 Å². The summed E-state index contributed by atoms with van der Waals surface area (Å²) in [4.78, 5) is 4.11. The van der Waals surface area contributed by atoms with Gasteiger partial charge in [0.25, 0.3) is 0 Å². The van der Waals surface area contributed by atoms with E-state index in [1.165, 1.54) is 0 Å². The van der Waals surface area contributed by atoms with Crippen molar-refractivity contribution in [3.63, 3.8) is 0 Å². The number of benzene rings is 1. The molecule has 4 N–H and O–H groups in total. The Labute approximate surface area is 161 Å². The molecule has 0 aliphatic rings. The van der Waals surface area contributed by atoms with Gasteiger partial charge in [0.05, 0.1) is 12.6 Å². The quantitative estimate of drug-likeness (QED) is 0.364. The highest BCUT2D eigenvalue weighted by Crippen LogP contribution is 2.25. The molecule has 0 spiro atoms. The van der Waals surface area contributed by atoms with Crippen LogP contribution in [0.5, 0.6) is 0 Å². The Morgan fingerprint density at radius 3 is 2.76 bits per heavy atom. The third kappa shape index (κ3) is 5.86. The lowest BCUT2D eigenvalue weighted by atomic mass is 10.1. The number of nitrogens with two attached hydrogens (primary N) is 1. The van der Waals surface area contributed by atoms with E-state index in [4.69, 9.17) is 28.9 Å². The van der Waals surface area contributed by atoms with Crippen LogP contribution in [0.15, 0.2) is 44.9 Å². The molecule has 2 rings (SSSR count). The lowest BCUT2D eigenvalue weighted by Gasteiger charge is -2.16. The van der Waals surface area contributed by atoms with Crippen molar-refractivity contribution in [3.05, 3.63) is 51.3 Å². The average Bonchev–Trinajstić information content (AvgIpc) is 3.06. The van der Waals surface area contributed by atoms with Gasteiger partial charge in [-0.3, -0.25) is 4.99 Å². The molecule has 0 amide bonds. The van der Waals surface area contributed by atoms with Gasteiger partial charge in [-0.05, 0) is 36.1 Å². The number of nitrogens with zero attached hydrogens (tertiary/aromatic N) is 1. The van der Waals surface area contributed by atoms with Crippen molar-refractivity contribution in [2.75, 3.05) is 13.1 Å². The molecule has 0 aliphatic heterocycles. The second-order valence-electron chi connectivity index (χ2n) is 5.13. The molecule has 0 aliphatic carbocycles. The number of hydrogen-bond donors (Lipinski definition) is 3. The molecule has 0 fully saturated rings. The zero-order valence-corrected chi connectivity index (χ0v) is 16.5. The number of sulfonamides is 1. The molecule has 1 aromatic heterocycles. The van der Waals surface area contributed by atoms with E-state index in [0.29, 0.717) is 10.0 Å². The zero-order chi connectivity index (χ0) is 18.4. The van der Waals surface area contributed by atoms with Gasteiger partial charge in [-0.2, -0.15) is 0 Å². The van der Waals surface area contributed by atoms with Crippen LogP contribution < -0.4 is 15.8 Å². The second-order valence-corrected chi connectivity index (χ2v) is 8.91. The van der Waals surface area contributed by atoms with Crippen molar-refractivity contribution in [2.24, 2.45) is 10.7 Å². The van der Waals surface area contributed by atoms with E-state index in [2.05, 4.69) is 15.0 Å². The Balaban J connectivity index is 1.85. The molecule has 0 bridgehead atoms. The number of thiophene rings is 1. The first kappa shape index (κ1) is 20.0. The first-order valence-corrected chi connectivity index (χ1v) is 10.5. The van der Waals surface area contributed by atoms with Crippen molar-refractivity contribution in [2.45, 2.75) is 17.2 Å². The predicted octanol–water partition coefficient (Wildman–Crippen LogP) is 3.00. The van der Waals surface area contributed by atoms with Crippen molar-refractivity contribution in [1.29, 1.82) is 0 Å². The van der Waals surface area contributed by atoms with E-state index in [-0.39, 0.29) is 29.3 Å². The summed E-state index contributed by atoms with van der Waals surface area (Å²) in [6, 6.07) is 8.27. The molecule has 1 atom stereocenters. The lowest BCUT2D eigenvalue weighted by molar-refractivity contribution is 0.584. The van der Waals surface area contributed by atoms with Crippen LogP contribution >= 0.6 is 34.5 Å². The summed E-state index contributed by atoms with van der Waals surface area (Å²) in [5.74, 6) is 0.203. The van der Waals surface area contributed by atoms with Gasteiger partial charge in [0.2, 0.25) is 10.0 Å². The van der Waals surface area contributed by atoms with Crippen LogP contribution in [0.3, 0.4) is 0 Å². The third-order valence-electron chi connectivity index (χ3n) is 3.24. The smallest absolute Gasteiger partial charge is 0.250 e. The van der Waals surface area contributed by atoms with Gasteiger partial charge < -0.3 is 11.1 Å². The van der Waals surface area contributed by atoms with Gasteiger partial charge in [-0.25, -0.2) is 13.1 Å². The Morgan fingerprint density at radius 1 is 1.36 bits per heavy atom. The molecule has 136 valence electrons. The molecule has 1 unspecified atom stereocenters. The van der Waals surface area contributed by atoms with Crippen molar-refractivity contribution < 1.29 is 8.42 Å². The van der Waals surface area contributed by atoms with Gasteiger partial charge >= 0.3 is 0 Å². The number of guanidine groups is 1. The van der Waals surface area contributed by atoms with Crippen LogP contribution in [0.2, 0.25) is 10.0 Å². The minimum absolute atomic E-state index is 0.151. The molecule has 6 nitrogen and oxygen atoms in total. The second kappa shape index (κ2) is 8.86. The molecule has 1 aromatic carbocycles. The van der Waals surface area contributed by atoms with Crippen LogP contribution in [0, 0.1) is 0 Å². The van der Waals surface area contributed by atoms with Gasteiger partial charge in [0, 0.05) is 16.6 Å². The number of aliphatic imine (C=N–C) groups is 1. The topological polar surface area (TPSA) is 96.6 Å². The fourth-order valence-electron chi connectivity index (χ4n) is 2.04. The number of nitrogens with one attached hydrogen (secondary N) is 2. The van der Waals surface area contributed by atoms with Crippen LogP contribution in [-0.4, -0.2) is 27.5 Å². The monoisotopic (exact) mass is 420 g/mol. The fourth-order valence-corrected chi connectivity index (χ4v) is 4.67. The molecule has 0 saturated carbocycles. The largest absolute Gasteiger partial charge is 0.370 e. The van der Waals surface area contributed by atoms with E-state index in [9.17, 15) is 8.42 Å². The van der Waals surface area contributed by atoms with Crippen LogP contribution in [0.4, 0.5) is 0 Å². The highest BCUT2D eigenvalue weighted by Gasteiger charge is 2.14. The first-order valence-electron chi connectivity index (χ1n) is 7.34. The summed E-state index contributed by atoms with van der Waals surface area (Å²) in [6.07, 6.45) is 0. The minimum Gasteiger partial charge on any atom is -0.370 e. The highest BCUT2D eigenvalue weighted by molar-refractivity contribution is 7.91. The Kier molecular flexibility index (Phi) is 7.09. The zero-order valence-electron chi connectivity index (χ0n) is 13.4. The lowest BCUT2D eigenvalue weighted by Crippen LogP contribution is -2.35. The molecule has 0 saturated heterocycles. The summed E-state index contributed by atoms with van der Waals surface area (Å²) >= 11 is 13.2. The summed E-state index contributed by atoms with van der Waals surface area (Å²) in [5, 5.41) is 5.80. The van der Waals surface area contributed by atoms with Crippen LogP contribution in [0.1, 0.15) is 18.5 Å². The van der Waals surface area contributed by atoms with Gasteiger partial charge in [-0.15, -0.1) is 11.3 Å². The molecular weight excluding hydrogens is 403 g/mol. The number of rotatable bonds is 7. The van der Waals surface area contributed by atoms with Crippen molar-refractivity contribution >= 4 is 50.5 Å². The van der Waals surface area contributed by atoms with Gasteiger partial charge in [-0.1, -0.05) is 35.3 Å². The van der Waals surface area contributed by atoms with Crippen LogP contribution in [-0.2, 0) is 10.0 Å². The standard InChI is InChI=1S/C15H18Cl2N4O2S2/c1-10(12-5-4-11(16)9-13(12)17)21-15(18)19-6-7-20-25(22,23)14-3-2-8-24-14/h2-5,8-10,20H,6-7H2,1H3,(H3,18,19,21).